The highest BCUT2D eigenvalue weighted by Gasteiger charge is 2.06. The highest BCUT2D eigenvalue weighted by Crippen LogP contribution is 2.18. The Morgan fingerprint density at radius 1 is 1.33 bits per heavy atom. The molecule has 2 rings (SSSR count). The number of pyridine rings is 1. The largest absolute Gasteiger partial charge is 0.253 e. The Balaban J connectivity index is 2.52. The van der Waals surface area contributed by atoms with E-state index < -0.39 is 0 Å². The van der Waals surface area contributed by atoms with Gasteiger partial charge < -0.3 is 0 Å². The Kier molecular flexibility index (Phi) is 2.92. The van der Waals surface area contributed by atoms with Gasteiger partial charge in [0, 0.05) is 22.9 Å². The summed E-state index contributed by atoms with van der Waals surface area (Å²) in [4.78, 5) is 4.63. The van der Waals surface area contributed by atoms with Crippen molar-refractivity contribution in [2.45, 2.75) is 25.6 Å². The predicted octanol–water partition coefficient (Wildman–Crippen LogP) is 3.71. The van der Waals surface area contributed by atoms with Crippen LogP contribution in [0.5, 0.6) is 0 Å². The number of alkyl halides is 1. The van der Waals surface area contributed by atoms with Gasteiger partial charge in [-0.25, -0.2) is 0 Å². The van der Waals surface area contributed by atoms with Crippen LogP contribution in [0.15, 0.2) is 30.3 Å². The van der Waals surface area contributed by atoms with E-state index in [1.54, 1.807) is 0 Å². The molecule has 0 saturated carbocycles. The molecule has 0 radical (unpaired) electrons. The summed E-state index contributed by atoms with van der Waals surface area (Å²) in [6.45, 7) is 4.09. The number of para-hydroxylation sites is 1. The molecule has 1 aromatic heterocycles. The standard InChI is InChI=1S/C13H14ClN/c1-9-7-11-5-3-4-6-12(11)15-13(9)8-10(2)14/h3-7,10H,8H2,1-2H3. The van der Waals surface area contributed by atoms with Crippen LogP contribution in [0.3, 0.4) is 0 Å². The van der Waals surface area contributed by atoms with Crippen molar-refractivity contribution in [3.63, 3.8) is 0 Å². The quantitative estimate of drug-likeness (QED) is 0.702. The first-order valence-electron chi connectivity index (χ1n) is 5.16. The molecule has 0 bridgehead atoms. The van der Waals surface area contributed by atoms with E-state index in [1.165, 1.54) is 10.9 Å². The summed E-state index contributed by atoms with van der Waals surface area (Å²) in [5, 5.41) is 1.33. The number of fused-ring (bicyclic) bond motifs is 1. The van der Waals surface area contributed by atoms with Crippen molar-refractivity contribution in [2.24, 2.45) is 0 Å². The van der Waals surface area contributed by atoms with Gasteiger partial charge in [-0.3, -0.25) is 4.98 Å². The van der Waals surface area contributed by atoms with Crippen molar-refractivity contribution < 1.29 is 0 Å². The molecule has 0 amide bonds. The van der Waals surface area contributed by atoms with Crippen LogP contribution in [0, 0.1) is 6.92 Å². The van der Waals surface area contributed by atoms with E-state index >= 15 is 0 Å². The summed E-state index contributed by atoms with van der Waals surface area (Å²) in [6, 6.07) is 10.4. The van der Waals surface area contributed by atoms with Crippen LogP contribution in [-0.2, 0) is 6.42 Å². The number of nitrogens with zero attached hydrogens (tertiary/aromatic N) is 1. The van der Waals surface area contributed by atoms with Gasteiger partial charge in [-0.2, -0.15) is 0 Å². The second kappa shape index (κ2) is 4.19. The highest BCUT2D eigenvalue weighted by atomic mass is 35.5. The van der Waals surface area contributed by atoms with Crippen LogP contribution in [0.2, 0.25) is 0 Å². The molecule has 0 fully saturated rings. The van der Waals surface area contributed by atoms with Crippen molar-refractivity contribution in [1.29, 1.82) is 0 Å². The Bertz CT molecular complexity index is 477. The zero-order chi connectivity index (χ0) is 10.8. The molecule has 1 nitrogen and oxygen atoms in total. The van der Waals surface area contributed by atoms with Gasteiger partial charge in [-0.1, -0.05) is 18.2 Å². The average molecular weight is 220 g/mol. The lowest BCUT2D eigenvalue weighted by atomic mass is 10.1. The lowest BCUT2D eigenvalue weighted by Crippen LogP contribution is -2.02. The van der Waals surface area contributed by atoms with Gasteiger partial charge in [-0.15, -0.1) is 11.6 Å². The lowest BCUT2D eigenvalue weighted by Gasteiger charge is -2.08. The molecule has 0 spiro atoms. The van der Waals surface area contributed by atoms with Crippen molar-refractivity contribution in [3.8, 4) is 0 Å². The number of hydrogen-bond acceptors (Lipinski definition) is 1. The minimum Gasteiger partial charge on any atom is -0.253 e. The van der Waals surface area contributed by atoms with Crippen molar-refractivity contribution in [3.05, 3.63) is 41.6 Å². The van der Waals surface area contributed by atoms with E-state index in [2.05, 4.69) is 24.0 Å². The van der Waals surface area contributed by atoms with Crippen LogP contribution < -0.4 is 0 Å². The maximum atomic E-state index is 6.00. The van der Waals surface area contributed by atoms with Crippen molar-refractivity contribution in [2.75, 3.05) is 0 Å². The molecule has 0 aliphatic heterocycles. The van der Waals surface area contributed by atoms with Gasteiger partial charge in [0.05, 0.1) is 5.52 Å². The molecule has 1 heterocycles. The molecule has 1 aromatic carbocycles. The Labute approximate surface area is 95.1 Å². The van der Waals surface area contributed by atoms with Gasteiger partial charge in [0.25, 0.3) is 0 Å². The zero-order valence-electron chi connectivity index (χ0n) is 9.00. The van der Waals surface area contributed by atoms with E-state index in [0.29, 0.717) is 0 Å². The van der Waals surface area contributed by atoms with E-state index in [-0.39, 0.29) is 5.38 Å². The van der Waals surface area contributed by atoms with Crippen molar-refractivity contribution in [1.82, 2.24) is 4.98 Å². The van der Waals surface area contributed by atoms with Gasteiger partial charge in [0.15, 0.2) is 0 Å². The number of aryl methyl sites for hydroxylation is 1. The van der Waals surface area contributed by atoms with Gasteiger partial charge >= 0.3 is 0 Å². The average Bonchev–Trinajstić information content (AvgIpc) is 2.18. The van der Waals surface area contributed by atoms with E-state index in [0.717, 1.165) is 17.6 Å². The monoisotopic (exact) mass is 219 g/mol. The number of benzene rings is 1. The summed E-state index contributed by atoms with van der Waals surface area (Å²) < 4.78 is 0. The van der Waals surface area contributed by atoms with E-state index in [9.17, 15) is 0 Å². The molecule has 1 atom stereocenters. The van der Waals surface area contributed by atoms with Crippen LogP contribution in [0.1, 0.15) is 18.2 Å². The topological polar surface area (TPSA) is 12.9 Å². The molecule has 2 heteroatoms. The fraction of sp³-hybridized carbons (Fsp3) is 0.308. The van der Waals surface area contributed by atoms with Crippen LogP contribution >= 0.6 is 11.6 Å². The molecule has 0 aliphatic rings. The van der Waals surface area contributed by atoms with Crippen LogP contribution in [-0.4, -0.2) is 10.4 Å². The van der Waals surface area contributed by atoms with Crippen LogP contribution in [0.25, 0.3) is 10.9 Å². The number of aromatic nitrogens is 1. The Morgan fingerprint density at radius 2 is 2.07 bits per heavy atom. The Morgan fingerprint density at radius 3 is 2.80 bits per heavy atom. The maximum absolute atomic E-state index is 6.00. The van der Waals surface area contributed by atoms with Gasteiger partial charge in [0.2, 0.25) is 0 Å². The summed E-state index contributed by atoms with van der Waals surface area (Å²) >= 11 is 6.00. The maximum Gasteiger partial charge on any atom is 0.0705 e. The third-order valence-electron chi connectivity index (χ3n) is 2.49. The van der Waals surface area contributed by atoms with E-state index in [4.69, 9.17) is 11.6 Å². The summed E-state index contributed by atoms with van der Waals surface area (Å²) in [5.74, 6) is 0. The third kappa shape index (κ3) is 2.29. The molecule has 2 aromatic rings. The van der Waals surface area contributed by atoms with Crippen LogP contribution in [0.4, 0.5) is 0 Å². The number of hydrogen-bond donors (Lipinski definition) is 0. The molecule has 15 heavy (non-hydrogen) atoms. The first-order valence-corrected chi connectivity index (χ1v) is 5.60. The molecule has 0 saturated heterocycles. The van der Waals surface area contributed by atoms with Gasteiger partial charge in [0.1, 0.15) is 0 Å². The summed E-state index contributed by atoms with van der Waals surface area (Å²) in [6.07, 6.45) is 0.832. The molecule has 0 N–H and O–H groups in total. The second-order valence-electron chi connectivity index (χ2n) is 3.93. The highest BCUT2D eigenvalue weighted by molar-refractivity contribution is 6.20. The fourth-order valence-corrected chi connectivity index (χ4v) is 1.88. The molecular formula is C13H14ClN. The Hall–Kier alpha value is -1.08. The predicted molar refractivity (Wildman–Crippen MR) is 65.5 cm³/mol. The minimum atomic E-state index is 0.136. The normalized spacial score (nSPS) is 13.0. The minimum absolute atomic E-state index is 0.136. The number of halogens is 1. The summed E-state index contributed by atoms with van der Waals surface area (Å²) in [5.41, 5.74) is 3.38. The molecular weight excluding hydrogens is 206 g/mol. The van der Waals surface area contributed by atoms with Crippen molar-refractivity contribution >= 4 is 22.5 Å². The smallest absolute Gasteiger partial charge is 0.0705 e. The first-order chi connectivity index (χ1) is 7.16. The molecule has 78 valence electrons. The second-order valence-corrected chi connectivity index (χ2v) is 4.67. The lowest BCUT2D eigenvalue weighted by molar-refractivity contribution is 0.887. The first kappa shape index (κ1) is 10.4. The third-order valence-corrected chi connectivity index (χ3v) is 2.65. The molecule has 0 aliphatic carbocycles. The van der Waals surface area contributed by atoms with E-state index in [1.807, 2.05) is 25.1 Å². The van der Waals surface area contributed by atoms with Gasteiger partial charge in [-0.05, 0) is 31.5 Å². The SMILES string of the molecule is Cc1cc2ccccc2nc1CC(C)Cl. The number of rotatable bonds is 2. The zero-order valence-corrected chi connectivity index (χ0v) is 9.75. The summed E-state index contributed by atoms with van der Waals surface area (Å²) in [7, 11) is 0. The molecule has 1 unspecified atom stereocenters. The fourth-order valence-electron chi connectivity index (χ4n) is 1.73.